The topological polar surface area (TPSA) is 81.4 Å². The largest absolute Gasteiger partial charge is 0.497 e. The van der Waals surface area contributed by atoms with Crippen molar-refractivity contribution >= 4 is 11.8 Å². The molecule has 27 heavy (non-hydrogen) atoms. The molecule has 5 heteroatoms. The van der Waals surface area contributed by atoms with Crippen LogP contribution in [0, 0.1) is 0 Å². The molecule has 0 fully saturated rings. The van der Waals surface area contributed by atoms with E-state index in [4.69, 9.17) is 10.5 Å². The maximum absolute atomic E-state index is 12.8. The first-order valence-corrected chi connectivity index (χ1v) is 8.48. The van der Waals surface area contributed by atoms with Crippen molar-refractivity contribution in [2.45, 2.75) is 6.04 Å². The molecule has 0 saturated heterocycles. The van der Waals surface area contributed by atoms with Gasteiger partial charge in [-0.2, -0.15) is 0 Å². The molecule has 0 heterocycles. The van der Waals surface area contributed by atoms with Crippen LogP contribution in [0.25, 0.3) is 0 Å². The minimum absolute atomic E-state index is 0.240. The van der Waals surface area contributed by atoms with Crippen LogP contribution < -0.4 is 15.8 Å². The van der Waals surface area contributed by atoms with E-state index in [2.05, 4.69) is 5.32 Å². The third-order valence-electron chi connectivity index (χ3n) is 4.29. The van der Waals surface area contributed by atoms with Gasteiger partial charge in [-0.15, -0.1) is 0 Å². The lowest BCUT2D eigenvalue weighted by atomic mass is 9.98. The van der Waals surface area contributed by atoms with Crippen molar-refractivity contribution in [2.75, 3.05) is 7.11 Å². The summed E-state index contributed by atoms with van der Waals surface area (Å²) in [5.41, 5.74) is 7.96. The second-order valence-electron chi connectivity index (χ2n) is 6.03. The number of nitrogens with two attached hydrogens (primary N) is 1. The number of carbonyl (C=O) groups excluding carboxylic acids is 2. The van der Waals surface area contributed by atoms with E-state index in [-0.39, 0.29) is 11.9 Å². The van der Waals surface area contributed by atoms with Crippen LogP contribution in [0.1, 0.15) is 37.9 Å². The summed E-state index contributed by atoms with van der Waals surface area (Å²) in [6, 6.07) is 23.2. The number of hydrogen-bond acceptors (Lipinski definition) is 3. The minimum atomic E-state index is -0.526. The number of primary amides is 1. The molecule has 0 saturated carbocycles. The highest BCUT2D eigenvalue weighted by Gasteiger charge is 2.18. The predicted molar refractivity (Wildman–Crippen MR) is 104 cm³/mol. The Balaban J connectivity index is 1.88. The molecular weight excluding hydrogens is 340 g/mol. The van der Waals surface area contributed by atoms with Crippen LogP contribution in [-0.2, 0) is 0 Å². The van der Waals surface area contributed by atoms with Gasteiger partial charge in [0.15, 0.2) is 0 Å². The van der Waals surface area contributed by atoms with Gasteiger partial charge in [0.1, 0.15) is 5.75 Å². The minimum Gasteiger partial charge on any atom is -0.497 e. The molecule has 0 spiro atoms. The molecule has 0 aromatic heterocycles. The average molecular weight is 360 g/mol. The van der Waals surface area contributed by atoms with Crippen molar-refractivity contribution in [1.82, 2.24) is 5.32 Å². The maximum atomic E-state index is 12.8. The van der Waals surface area contributed by atoms with Gasteiger partial charge in [0.05, 0.1) is 13.2 Å². The zero-order valence-corrected chi connectivity index (χ0v) is 14.9. The molecule has 3 aromatic rings. The van der Waals surface area contributed by atoms with Gasteiger partial charge in [-0.1, -0.05) is 42.5 Å². The van der Waals surface area contributed by atoms with E-state index in [1.54, 1.807) is 31.4 Å². The molecule has 3 N–H and O–H groups in total. The SMILES string of the molecule is COc1ccc(C(NC(=O)c2ccc(C(N)=O)cc2)c2ccccc2)cc1. The number of nitrogens with one attached hydrogen (secondary N) is 1. The van der Waals surface area contributed by atoms with Gasteiger partial charge in [0, 0.05) is 11.1 Å². The van der Waals surface area contributed by atoms with Crippen molar-refractivity contribution in [3.05, 3.63) is 101 Å². The van der Waals surface area contributed by atoms with E-state index in [1.807, 2.05) is 54.6 Å². The Bertz CT molecular complexity index is 920. The van der Waals surface area contributed by atoms with Crippen LogP contribution in [-0.4, -0.2) is 18.9 Å². The van der Waals surface area contributed by atoms with E-state index in [1.165, 1.54) is 0 Å². The molecule has 0 bridgehead atoms. The third-order valence-corrected chi connectivity index (χ3v) is 4.29. The number of ether oxygens (including phenoxy) is 1. The third kappa shape index (κ3) is 4.33. The zero-order chi connectivity index (χ0) is 19.2. The lowest BCUT2D eigenvalue weighted by Gasteiger charge is -2.20. The van der Waals surface area contributed by atoms with Gasteiger partial charge < -0.3 is 15.8 Å². The molecule has 0 radical (unpaired) electrons. The van der Waals surface area contributed by atoms with Crippen molar-refractivity contribution < 1.29 is 14.3 Å². The second-order valence-corrected chi connectivity index (χ2v) is 6.03. The molecule has 2 amide bonds. The summed E-state index contributed by atoms with van der Waals surface area (Å²) in [6.45, 7) is 0. The zero-order valence-electron chi connectivity index (χ0n) is 14.9. The van der Waals surface area contributed by atoms with Crippen molar-refractivity contribution in [3.63, 3.8) is 0 Å². The number of hydrogen-bond donors (Lipinski definition) is 2. The normalized spacial score (nSPS) is 11.4. The Kier molecular flexibility index (Phi) is 5.52. The highest BCUT2D eigenvalue weighted by atomic mass is 16.5. The molecule has 1 unspecified atom stereocenters. The van der Waals surface area contributed by atoms with Gasteiger partial charge in [-0.25, -0.2) is 0 Å². The lowest BCUT2D eigenvalue weighted by Crippen LogP contribution is -2.29. The first-order valence-electron chi connectivity index (χ1n) is 8.48. The van der Waals surface area contributed by atoms with Crippen LogP contribution >= 0.6 is 0 Å². The molecule has 136 valence electrons. The number of carbonyl (C=O) groups is 2. The summed E-state index contributed by atoms with van der Waals surface area (Å²) >= 11 is 0. The molecule has 0 aliphatic heterocycles. The molecule has 1 atom stereocenters. The van der Waals surface area contributed by atoms with Crippen molar-refractivity contribution in [3.8, 4) is 5.75 Å². The average Bonchev–Trinajstić information content (AvgIpc) is 2.72. The molecule has 5 nitrogen and oxygen atoms in total. The fourth-order valence-corrected chi connectivity index (χ4v) is 2.80. The predicted octanol–water partition coefficient (Wildman–Crippen LogP) is 3.31. The van der Waals surface area contributed by atoms with E-state index < -0.39 is 5.91 Å². The molecule has 3 aromatic carbocycles. The van der Waals surface area contributed by atoms with E-state index in [0.29, 0.717) is 11.1 Å². The Morgan fingerprint density at radius 3 is 1.93 bits per heavy atom. The Labute approximate surface area is 157 Å². The summed E-state index contributed by atoms with van der Waals surface area (Å²) < 4.78 is 5.21. The smallest absolute Gasteiger partial charge is 0.252 e. The first kappa shape index (κ1) is 18.2. The van der Waals surface area contributed by atoms with E-state index in [0.717, 1.165) is 16.9 Å². The number of amides is 2. The monoisotopic (exact) mass is 360 g/mol. The quantitative estimate of drug-likeness (QED) is 0.707. The Morgan fingerprint density at radius 2 is 1.37 bits per heavy atom. The molecule has 0 aliphatic carbocycles. The number of methoxy groups -OCH3 is 1. The summed E-state index contributed by atoms with van der Waals surface area (Å²) in [6.07, 6.45) is 0. The molecule has 0 aliphatic rings. The fraction of sp³-hybridized carbons (Fsp3) is 0.0909. The second kappa shape index (κ2) is 8.19. The van der Waals surface area contributed by atoms with Crippen LogP contribution in [0.5, 0.6) is 5.75 Å². The van der Waals surface area contributed by atoms with Crippen LogP contribution in [0.15, 0.2) is 78.9 Å². The summed E-state index contributed by atoms with van der Waals surface area (Å²) in [5, 5.41) is 3.06. The standard InChI is InChI=1S/C22H20N2O3/c1-27-19-13-11-16(12-14-19)20(15-5-3-2-4-6-15)24-22(26)18-9-7-17(8-10-18)21(23)25/h2-14,20H,1H3,(H2,23,25)(H,24,26). The molecule has 3 rings (SSSR count). The van der Waals surface area contributed by atoms with Gasteiger partial charge in [0.2, 0.25) is 5.91 Å². The van der Waals surface area contributed by atoms with Crippen LogP contribution in [0.2, 0.25) is 0 Å². The van der Waals surface area contributed by atoms with Crippen LogP contribution in [0.3, 0.4) is 0 Å². The first-order chi connectivity index (χ1) is 13.1. The van der Waals surface area contributed by atoms with Crippen molar-refractivity contribution in [2.24, 2.45) is 5.73 Å². The van der Waals surface area contributed by atoms with Crippen LogP contribution in [0.4, 0.5) is 0 Å². The van der Waals surface area contributed by atoms with Gasteiger partial charge >= 0.3 is 0 Å². The summed E-state index contributed by atoms with van der Waals surface area (Å²) in [5.74, 6) is -0.0167. The highest BCUT2D eigenvalue weighted by molar-refractivity contribution is 5.97. The Morgan fingerprint density at radius 1 is 0.815 bits per heavy atom. The number of rotatable bonds is 6. The lowest BCUT2D eigenvalue weighted by molar-refractivity contribution is 0.0940. The van der Waals surface area contributed by atoms with E-state index >= 15 is 0 Å². The molecular formula is C22H20N2O3. The Hall–Kier alpha value is -3.60. The summed E-state index contributed by atoms with van der Waals surface area (Å²) in [7, 11) is 1.61. The van der Waals surface area contributed by atoms with Crippen molar-refractivity contribution in [1.29, 1.82) is 0 Å². The van der Waals surface area contributed by atoms with Gasteiger partial charge in [-0.05, 0) is 47.5 Å². The van der Waals surface area contributed by atoms with Gasteiger partial charge in [0.25, 0.3) is 5.91 Å². The fourth-order valence-electron chi connectivity index (χ4n) is 2.80. The van der Waals surface area contributed by atoms with Gasteiger partial charge in [-0.3, -0.25) is 9.59 Å². The van der Waals surface area contributed by atoms with E-state index in [9.17, 15) is 9.59 Å². The highest BCUT2D eigenvalue weighted by Crippen LogP contribution is 2.24. The summed E-state index contributed by atoms with van der Waals surface area (Å²) in [4.78, 5) is 23.9. The number of benzene rings is 3. The maximum Gasteiger partial charge on any atom is 0.252 e.